The molecule has 7 unspecified atom stereocenters. The Morgan fingerprint density at radius 3 is 0.971 bits per heavy atom. The molecule has 0 radical (unpaired) electrons. The molecule has 0 aromatic carbocycles. The average molecular weight is 963 g/mol. The molecule has 0 bridgehead atoms. The molecule has 396 valence electrons. The van der Waals surface area contributed by atoms with Crippen LogP contribution in [0, 0.1) is 0 Å². The molecule has 3 heterocycles. The minimum atomic E-state index is -1.01. The van der Waals surface area contributed by atoms with Gasteiger partial charge in [-0.25, -0.2) is 14.4 Å². The minimum absolute atomic E-state index is 0.00856. The number of hydrogen-bond donors (Lipinski definition) is 4. The highest BCUT2D eigenvalue weighted by molar-refractivity contribution is 5.78. The third kappa shape index (κ3) is 39.2. The fourth-order valence-corrected chi connectivity index (χ4v) is 8.23. The first kappa shape index (κ1) is 63.4. The molecule has 11 heteroatoms. The van der Waals surface area contributed by atoms with Gasteiger partial charge in [-0.05, 0) is 96.3 Å². The van der Waals surface area contributed by atoms with Gasteiger partial charge >= 0.3 is 17.9 Å². The highest BCUT2D eigenvalue weighted by Crippen LogP contribution is 2.30. The lowest BCUT2D eigenvalue weighted by atomic mass is 10.1. The summed E-state index contributed by atoms with van der Waals surface area (Å²) in [6.45, 7) is 6.18. The van der Waals surface area contributed by atoms with Crippen LogP contribution in [0.1, 0.15) is 252 Å². The summed E-state index contributed by atoms with van der Waals surface area (Å²) < 4.78 is 20.3. The van der Waals surface area contributed by atoms with Crippen molar-refractivity contribution in [2.75, 3.05) is 13.2 Å². The number of carboxylic acid groups (broad SMARTS) is 2. The molecule has 0 amide bonds. The van der Waals surface area contributed by atoms with Crippen molar-refractivity contribution in [1.82, 2.24) is 0 Å². The maximum absolute atomic E-state index is 11.6. The number of aliphatic carboxylic acids is 2. The summed E-state index contributed by atoms with van der Waals surface area (Å²) in [6.07, 6.45) is 55.9. The maximum Gasteiger partial charge on any atom is 0.338 e. The normalized spacial score (nSPS) is 20.8. The van der Waals surface area contributed by atoms with Gasteiger partial charge in [-0.1, -0.05) is 192 Å². The number of hydrogen-bond acceptors (Lipinski definition) is 9. The van der Waals surface area contributed by atoms with Crippen LogP contribution in [-0.4, -0.2) is 94.3 Å². The Bertz CT molecular complexity index is 1220. The first-order valence-electron chi connectivity index (χ1n) is 28.0. The quantitative estimate of drug-likeness (QED) is 0.0197. The molecule has 0 spiro atoms. The van der Waals surface area contributed by atoms with Gasteiger partial charge in [0.2, 0.25) is 0 Å². The summed E-state index contributed by atoms with van der Waals surface area (Å²) in [4.78, 5) is 32.8. The summed E-state index contributed by atoms with van der Waals surface area (Å²) in [5.74, 6) is -2.05. The van der Waals surface area contributed by atoms with Crippen LogP contribution in [0.4, 0.5) is 0 Å². The van der Waals surface area contributed by atoms with Crippen LogP contribution in [-0.2, 0) is 33.3 Å². The molecule has 68 heavy (non-hydrogen) atoms. The lowest BCUT2D eigenvalue weighted by Gasteiger charge is -2.06. The van der Waals surface area contributed by atoms with Crippen molar-refractivity contribution >= 4 is 17.9 Å². The number of aliphatic hydroxyl groups excluding tert-OH is 2. The van der Waals surface area contributed by atoms with Gasteiger partial charge in [0.1, 0.15) is 12.7 Å². The Morgan fingerprint density at radius 2 is 0.691 bits per heavy atom. The van der Waals surface area contributed by atoms with Crippen molar-refractivity contribution in [3.8, 4) is 0 Å². The SMILES string of the molecule is CCCCCCCCC=CCCCCCC1OC1C(=O)O.CCCCCCCCC=CCCCCCC1OC1C(=O)O.CCCCCCCCC=CCCCCCC1OC1C(=O)OCC(O)CO. The first-order valence-corrected chi connectivity index (χ1v) is 28.0. The van der Waals surface area contributed by atoms with Crippen LogP contribution in [0.15, 0.2) is 36.5 Å². The monoisotopic (exact) mass is 963 g/mol. The van der Waals surface area contributed by atoms with Gasteiger partial charge in [0.15, 0.2) is 18.3 Å². The third-order valence-electron chi connectivity index (χ3n) is 12.8. The smallest absolute Gasteiger partial charge is 0.338 e. The molecule has 3 fully saturated rings. The molecule has 3 rings (SSSR count). The van der Waals surface area contributed by atoms with E-state index in [1.165, 1.54) is 167 Å². The van der Waals surface area contributed by atoms with Crippen molar-refractivity contribution in [2.24, 2.45) is 0 Å². The number of aliphatic hydroxyl groups is 2. The van der Waals surface area contributed by atoms with Crippen LogP contribution in [0.25, 0.3) is 0 Å². The van der Waals surface area contributed by atoms with Crippen molar-refractivity contribution in [3.05, 3.63) is 36.5 Å². The molecule has 3 aliphatic heterocycles. The van der Waals surface area contributed by atoms with E-state index in [1.807, 2.05) is 0 Å². The number of carbonyl (C=O) groups excluding carboxylic acids is 1. The second kappa shape index (κ2) is 45.6. The van der Waals surface area contributed by atoms with Crippen LogP contribution in [0.2, 0.25) is 0 Å². The number of rotatable bonds is 45. The zero-order chi connectivity index (χ0) is 49.7. The van der Waals surface area contributed by atoms with Crippen LogP contribution >= 0.6 is 0 Å². The summed E-state index contributed by atoms with van der Waals surface area (Å²) in [5, 5.41) is 35.2. The van der Waals surface area contributed by atoms with Crippen molar-refractivity contribution in [3.63, 3.8) is 0 Å². The van der Waals surface area contributed by atoms with Crippen LogP contribution in [0.3, 0.4) is 0 Å². The lowest BCUT2D eigenvalue weighted by Crippen LogP contribution is -2.24. The third-order valence-corrected chi connectivity index (χ3v) is 12.8. The molecule has 3 saturated heterocycles. The summed E-state index contributed by atoms with van der Waals surface area (Å²) in [7, 11) is 0. The topological polar surface area (TPSA) is 179 Å². The van der Waals surface area contributed by atoms with Gasteiger partial charge in [-0.2, -0.15) is 0 Å². The fourth-order valence-electron chi connectivity index (χ4n) is 8.23. The summed E-state index contributed by atoms with van der Waals surface area (Å²) in [6, 6.07) is 0. The average Bonchev–Trinajstić information content (AvgIpc) is 4.23. The molecule has 3 aliphatic rings. The fraction of sp³-hybridized carbons (Fsp3) is 0.842. The number of unbranched alkanes of at least 4 members (excludes halogenated alkanes) is 27. The Kier molecular flexibility index (Phi) is 42.5. The van der Waals surface area contributed by atoms with Gasteiger partial charge in [0.25, 0.3) is 0 Å². The number of epoxide rings is 3. The number of esters is 1. The second-order valence-corrected chi connectivity index (χ2v) is 19.4. The molecular formula is C57H102O11. The van der Waals surface area contributed by atoms with E-state index >= 15 is 0 Å². The molecule has 0 saturated carbocycles. The standard InChI is InChI=1S/C21H38O5.2C18H32O3/c1-2-3-4-5-6-7-8-9-10-11-12-13-14-15-19-20(26-19)21(24)25-17-18(23)16-22;2*1-2-3-4-5-6-7-8-9-10-11-12-13-14-15-16-17(21-16)18(19)20/h9-10,18-20,22-23H,2-8,11-17H2,1H3;2*9-10,16-17H,2-8,11-15H2,1H3,(H,19,20). The van der Waals surface area contributed by atoms with Crippen molar-refractivity contribution in [2.45, 2.75) is 295 Å². The minimum Gasteiger partial charge on any atom is -0.479 e. The number of ether oxygens (including phenoxy) is 4. The molecule has 7 atom stereocenters. The van der Waals surface area contributed by atoms with Crippen molar-refractivity contribution < 1.29 is 53.8 Å². The highest BCUT2D eigenvalue weighted by atomic mass is 16.6. The first-order chi connectivity index (χ1) is 33.2. The Hall–Kier alpha value is -2.57. The van der Waals surface area contributed by atoms with E-state index in [9.17, 15) is 14.4 Å². The Labute approximate surface area is 414 Å². The molecular weight excluding hydrogens is 861 g/mol. The van der Waals surface area contributed by atoms with E-state index in [1.54, 1.807) is 0 Å². The molecule has 11 nitrogen and oxygen atoms in total. The van der Waals surface area contributed by atoms with Crippen LogP contribution < -0.4 is 0 Å². The molecule has 0 aromatic rings. The zero-order valence-electron chi connectivity index (χ0n) is 43.5. The van der Waals surface area contributed by atoms with Crippen LogP contribution in [0.5, 0.6) is 0 Å². The van der Waals surface area contributed by atoms with E-state index in [0.717, 1.165) is 64.2 Å². The van der Waals surface area contributed by atoms with E-state index < -0.39 is 48.9 Å². The predicted octanol–water partition coefficient (Wildman–Crippen LogP) is 14.1. The highest BCUT2D eigenvalue weighted by Gasteiger charge is 2.46. The Morgan fingerprint density at radius 1 is 0.426 bits per heavy atom. The van der Waals surface area contributed by atoms with E-state index in [4.69, 9.17) is 39.4 Å². The zero-order valence-corrected chi connectivity index (χ0v) is 43.5. The molecule has 4 N–H and O–H groups in total. The summed E-state index contributed by atoms with van der Waals surface area (Å²) >= 11 is 0. The van der Waals surface area contributed by atoms with E-state index in [2.05, 4.69) is 57.2 Å². The number of carbonyl (C=O) groups is 3. The van der Waals surface area contributed by atoms with Gasteiger partial charge < -0.3 is 39.4 Å². The second-order valence-electron chi connectivity index (χ2n) is 19.4. The molecule has 0 aliphatic carbocycles. The van der Waals surface area contributed by atoms with Gasteiger partial charge in [0.05, 0.1) is 24.9 Å². The number of allylic oxidation sites excluding steroid dienone is 6. The predicted molar refractivity (Wildman–Crippen MR) is 276 cm³/mol. The summed E-state index contributed by atoms with van der Waals surface area (Å²) in [5.41, 5.74) is 0. The lowest BCUT2D eigenvalue weighted by molar-refractivity contribution is -0.148. The van der Waals surface area contributed by atoms with Gasteiger partial charge in [-0.15, -0.1) is 0 Å². The van der Waals surface area contributed by atoms with Gasteiger partial charge in [0, 0.05) is 0 Å². The Balaban J connectivity index is 0.000000514. The molecule has 0 aromatic heterocycles. The van der Waals surface area contributed by atoms with E-state index in [-0.39, 0.29) is 24.9 Å². The number of carboxylic acids is 2. The largest absolute Gasteiger partial charge is 0.479 e. The van der Waals surface area contributed by atoms with Crippen molar-refractivity contribution in [1.29, 1.82) is 0 Å². The maximum atomic E-state index is 11.6. The van der Waals surface area contributed by atoms with E-state index in [0.29, 0.717) is 0 Å². The van der Waals surface area contributed by atoms with Gasteiger partial charge in [-0.3, -0.25) is 0 Å².